The molecule has 13 heteroatoms. The van der Waals surface area contributed by atoms with E-state index in [0.29, 0.717) is 18.9 Å². The zero-order valence-electron chi connectivity index (χ0n) is 19.1. The maximum Gasteiger partial charge on any atom is 0.435 e. The van der Waals surface area contributed by atoms with Crippen LogP contribution in [-0.4, -0.2) is 53.6 Å². The van der Waals surface area contributed by atoms with E-state index in [1.54, 1.807) is 6.92 Å². The summed E-state index contributed by atoms with van der Waals surface area (Å²) in [4.78, 5) is 24.0. The molecule has 1 saturated heterocycles. The van der Waals surface area contributed by atoms with Gasteiger partial charge in [-0.2, -0.15) is 22.6 Å². The van der Waals surface area contributed by atoms with Crippen LogP contribution in [0.3, 0.4) is 0 Å². The van der Waals surface area contributed by atoms with Crippen molar-refractivity contribution in [3.05, 3.63) is 53.9 Å². The molecule has 0 radical (unpaired) electrons. The van der Waals surface area contributed by atoms with Crippen molar-refractivity contribution >= 4 is 27.6 Å². The van der Waals surface area contributed by atoms with Gasteiger partial charge in [0, 0.05) is 37.5 Å². The Hall–Kier alpha value is -3.19. The van der Waals surface area contributed by atoms with Gasteiger partial charge in [-0.3, -0.25) is 9.48 Å². The fourth-order valence-electron chi connectivity index (χ4n) is 3.66. The molecule has 3 rings (SSSR count). The number of carbonyl (C=O) groups excluding carboxylic acids is 2. The van der Waals surface area contributed by atoms with Crippen molar-refractivity contribution in [2.24, 2.45) is 7.05 Å². The number of esters is 1. The van der Waals surface area contributed by atoms with E-state index in [9.17, 15) is 31.2 Å². The van der Waals surface area contributed by atoms with Gasteiger partial charge in [0.1, 0.15) is 5.69 Å². The second-order valence-corrected chi connectivity index (χ2v) is 9.70. The third-order valence-corrected chi connectivity index (χ3v) is 7.30. The average Bonchev–Trinajstić information content (AvgIpc) is 3.21. The van der Waals surface area contributed by atoms with Crippen molar-refractivity contribution in [2.45, 2.75) is 43.3 Å². The second kappa shape index (κ2) is 10.6. The Bertz CT molecular complexity index is 1210. The van der Waals surface area contributed by atoms with Crippen LogP contribution in [0.15, 0.2) is 47.4 Å². The molecule has 1 fully saturated rings. The summed E-state index contributed by atoms with van der Waals surface area (Å²) in [6.07, 6.45) is 0.0777. The number of alkyl halides is 3. The largest absolute Gasteiger partial charge is 0.463 e. The molecule has 0 bridgehead atoms. The van der Waals surface area contributed by atoms with Gasteiger partial charge in [-0.15, -0.1) is 0 Å². The lowest BCUT2D eigenvalue weighted by Gasteiger charge is -2.32. The fourth-order valence-corrected chi connectivity index (χ4v) is 5.31. The minimum absolute atomic E-state index is 0.0215. The van der Waals surface area contributed by atoms with Gasteiger partial charge in [0.15, 0.2) is 5.69 Å². The van der Waals surface area contributed by atoms with Crippen LogP contribution in [0.1, 0.15) is 42.4 Å². The molecule has 35 heavy (non-hydrogen) atoms. The summed E-state index contributed by atoms with van der Waals surface area (Å²) in [5.74, 6) is -1.38. The van der Waals surface area contributed by atoms with Crippen LogP contribution in [0, 0.1) is 0 Å². The maximum atomic E-state index is 13.2. The van der Waals surface area contributed by atoms with Gasteiger partial charge in [-0.1, -0.05) is 12.5 Å². The van der Waals surface area contributed by atoms with Gasteiger partial charge >= 0.3 is 12.1 Å². The third-order valence-electron chi connectivity index (χ3n) is 5.36. The van der Waals surface area contributed by atoms with E-state index in [-0.39, 0.29) is 29.4 Å². The normalized spacial score (nSPS) is 17.5. The highest BCUT2D eigenvalue weighted by atomic mass is 32.2. The van der Waals surface area contributed by atoms with Crippen molar-refractivity contribution in [3.63, 3.8) is 0 Å². The standard InChI is InChI=1S/C22H25F3N4O5S/c1-3-34-20(30)12-9-16-6-4-5-13-29(16)35(32,33)17-10-7-15(8-11-17)26-21(31)18-14-19(22(23,24)25)27-28(18)2/h7-12,14,16H,3-6,13H2,1-2H3,(H,26,31)/b12-9+. The van der Waals surface area contributed by atoms with Crippen molar-refractivity contribution in [1.29, 1.82) is 0 Å². The lowest BCUT2D eigenvalue weighted by atomic mass is 10.0. The van der Waals surface area contributed by atoms with E-state index in [2.05, 4.69) is 10.4 Å². The first-order valence-corrected chi connectivity index (χ1v) is 12.3. The number of halogens is 3. The summed E-state index contributed by atoms with van der Waals surface area (Å²) in [7, 11) is -2.70. The van der Waals surface area contributed by atoms with Gasteiger partial charge < -0.3 is 10.1 Å². The van der Waals surface area contributed by atoms with Gasteiger partial charge in [-0.25, -0.2) is 13.2 Å². The van der Waals surface area contributed by atoms with Crippen molar-refractivity contribution in [2.75, 3.05) is 18.5 Å². The molecule has 1 atom stereocenters. The summed E-state index contributed by atoms with van der Waals surface area (Å²) in [5, 5.41) is 5.73. The van der Waals surface area contributed by atoms with Crippen LogP contribution in [0.25, 0.3) is 0 Å². The number of ether oxygens (including phenoxy) is 1. The molecule has 0 aliphatic carbocycles. The van der Waals surface area contributed by atoms with E-state index in [1.165, 1.54) is 47.8 Å². The van der Waals surface area contributed by atoms with E-state index in [0.717, 1.165) is 11.1 Å². The molecule has 1 N–H and O–H groups in total. The number of anilines is 1. The molecular weight excluding hydrogens is 489 g/mol. The van der Waals surface area contributed by atoms with E-state index in [4.69, 9.17) is 4.74 Å². The molecule has 0 spiro atoms. The molecule has 1 aromatic heterocycles. The van der Waals surface area contributed by atoms with Crippen LogP contribution in [-0.2, 0) is 32.8 Å². The van der Waals surface area contributed by atoms with Crippen molar-refractivity contribution < 1.29 is 35.9 Å². The predicted molar refractivity (Wildman–Crippen MR) is 120 cm³/mol. The first-order valence-electron chi connectivity index (χ1n) is 10.8. The van der Waals surface area contributed by atoms with Crippen LogP contribution < -0.4 is 5.32 Å². The summed E-state index contributed by atoms with van der Waals surface area (Å²) >= 11 is 0. The molecular formula is C22H25F3N4O5S. The Balaban J connectivity index is 1.75. The van der Waals surface area contributed by atoms with E-state index in [1.807, 2.05) is 0 Å². The highest BCUT2D eigenvalue weighted by molar-refractivity contribution is 7.89. The van der Waals surface area contributed by atoms with E-state index < -0.39 is 39.8 Å². The highest BCUT2D eigenvalue weighted by Gasteiger charge is 2.35. The number of rotatable bonds is 7. The molecule has 1 aliphatic heterocycles. The zero-order valence-corrected chi connectivity index (χ0v) is 19.9. The maximum absolute atomic E-state index is 13.2. The molecule has 2 aromatic rings. The number of amides is 1. The number of carbonyl (C=O) groups is 2. The van der Waals surface area contributed by atoms with Crippen LogP contribution in [0.5, 0.6) is 0 Å². The molecule has 1 amide bonds. The number of benzene rings is 1. The molecule has 9 nitrogen and oxygen atoms in total. The zero-order chi connectivity index (χ0) is 25.8. The number of hydrogen-bond donors (Lipinski definition) is 1. The molecule has 2 heterocycles. The van der Waals surface area contributed by atoms with Crippen LogP contribution >= 0.6 is 0 Å². The molecule has 1 aliphatic rings. The number of nitrogens with zero attached hydrogens (tertiary/aromatic N) is 3. The lowest BCUT2D eigenvalue weighted by molar-refractivity contribution is -0.141. The summed E-state index contributed by atoms with van der Waals surface area (Å²) < 4.78 is 72.0. The Kier molecular flexibility index (Phi) is 8.00. The van der Waals surface area contributed by atoms with Crippen molar-refractivity contribution in [3.8, 4) is 0 Å². The Morgan fingerprint density at radius 3 is 2.51 bits per heavy atom. The number of nitrogens with one attached hydrogen (secondary N) is 1. The summed E-state index contributed by atoms with van der Waals surface area (Å²) in [5.41, 5.74) is -1.31. The number of piperidine rings is 1. The second-order valence-electron chi connectivity index (χ2n) is 7.80. The average molecular weight is 515 g/mol. The monoisotopic (exact) mass is 514 g/mol. The van der Waals surface area contributed by atoms with Crippen molar-refractivity contribution in [1.82, 2.24) is 14.1 Å². The minimum atomic E-state index is -4.69. The predicted octanol–water partition coefficient (Wildman–Crippen LogP) is 3.35. The van der Waals surface area contributed by atoms with Gasteiger partial charge in [0.2, 0.25) is 10.0 Å². The van der Waals surface area contributed by atoms with Crippen LogP contribution in [0.4, 0.5) is 18.9 Å². The van der Waals surface area contributed by atoms with Crippen LogP contribution in [0.2, 0.25) is 0 Å². The number of aryl methyl sites for hydroxylation is 1. The number of aromatic nitrogens is 2. The Morgan fingerprint density at radius 2 is 1.91 bits per heavy atom. The smallest absolute Gasteiger partial charge is 0.435 e. The fraction of sp³-hybridized carbons (Fsp3) is 0.409. The highest BCUT2D eigenvalue weighted by Crippen LogP contribution is 2.29. The first kappa shape index (κ1) is 26.4. The topological polar surface area (TPSA) is 111 Å². The Labute approximate surface area is 200 Å². The number of hydrogen-bond acceptors (Lipinski definition) is 6. The SMILES string of the molecule is CCOC(=O)/C=C/C1CCCCN1S(=O)(=O)c1ccc(NC(=O)c2cc(C(F)(F)F)nn2C)cc1. The third kappa shape index (κ3) is 6.28. The first-order chi connectivity index (χ1) is 16.4. The quantitative estimate of drug-likeness (QED) is 0.448. The number of sulfonamides is 1. The minimum Gasteiger partial charge on any atom is -0.463 e. The lowest BCUT2D eigenvalue weighted by Crippen LogP contribution is -2.42. The summed E-state index contributed by atoms with van der Waals surface area (Å²) in [6, 6.07) is 5.42. The van der Waals surface area contributed by atoms with E-state index >= 15 is 0 Å². The molecule has 190 valence electrons. The van der Waals surface area contributed by atoms with Gasteiger partial charge in [0.25, 0.3) is 5.91 Å². The Morgan fingerprint density at radius 1 is 1.23 bits per heavy atom. The summed E-state index contributed by atoms with van der Waals surface area (Å²) in [6.45, 7) is 2.16. The van der Waals surface area contributed by atoms with Gasteiger partial charge in [-0.05, 0) is 44.0 Å². The molecule has 1 unspecified atom stereocenters. The van der Waals surface area contributed by atoms with Gasteiger partial charge in [0.05, 0.1) is 11.5 Å². The molecule has 1 aromatic carbocycles. The molecule has 0 saturated carbocycles.